The third-order valence-corrected chi connectivity index (χ3v) is 10.2. The second-order valence-corrected chi connectivity index (χ2v) is 12.8. The number of carbonyl (C=O) groups excluding carboxylic acids is 2. The largest absolute Gasteiger partial charge is 0.497 e. The lowest BCUT2D eigenvalue weighted by atomic mass is 9.85. The van der Waals surface area contributed by atoms with Gasteiger partial charge in [-0.1, -0.05) is 18.2 Å². The fourth-order valence-electron chi connectivity index (χ4n) is 6.11. The van der Waals surface area contributed by atoms with Crippen LogP contribution in [-0.4, -0.2) is 77.3 Å². The number of hydrogen-bond donors (Lipinski definition) is 0. The number of amides is 2. The van der Waals surface area contributed by atoms with Crippen molar-refractivity contribution in [2.45, 2.75) is 17.4 Å². The van der Waals surface area contributed by atoms with Crippen molar-refractivity contribution >= 4 is 33.4 Å². The molecule has 4 aromatic rings. The summed E-state index contributed by atoms with van der Waals surface area (Å²) in [5.74, 6) is -0.631. The first kappa shape index (κ1) is 33.1. The molecule has 49 heavy (non-hydrogen) atoms. The molecule has 1 unspecified atom stereocenters. The Morgan fingerprint density at radius 3 is 2.33 bits per heavy atom. The summed E-state index contributed by atoms with van der Waals surface area (Å²) in [5.41, 5.74) is -1.30. The number of nitriles is 1. The molecule has 14 heteroatoms. The normalized spacial score (nSPS) is 17.3. The third-order valence-electron chi connectivity index (χ3n) is 8.47. The number of hydrogen-bond acceptors (Lipinski definition) is 11. The van der Waals surface area contributed by atoms with Gasteiger partial charge in [0.2, 0.25) is 5.60 Å². The van der Waals surface area contributed by atoms with Crippen LogP contribution < -0.4 is 23.4 Å². The molecule has 6 rings (SSSR count). The quantitative estimate of drug-likeness (QED) is 0.248. The van der Waals surface area contributed by atoms with Gasteiger partial charge < -0.3 is 28.7 Å². The maximum absolute atomic E-state index is 15.1. The van der Waals surface area contributed by atoms with Crippen molar-refractivity contribution in [2.75, 3.05) is 56.2 Å². The van der Waals surface area contributed by atoms with Crippen LogP contribution in [0.3, 0.4) is 0 Å². The maximum atomic E-state index is 15.1. The maximum Gasteiger partial charge on any atom is 0.411 e. The summed E-state index contributed by atoms with van der Waals surface area (Å²) in [6.07, 6.45) is 2.54. The highest BCUT2D eigenvalue weighted by molar-refractivity contribution is 7.93. The molecule has 1 saturated heterocycles. The lowest BCUT2D eigenvalue weighted by molar-refractivity contribution is -0.132. The second-order valence-electron chi connectivity index (χ2n) is 11.1. The highest BCUT2D eigenvalue weighted by Crippen LogP contribution is 2.52. The van der Waals surface area contributed by atoms with Crippen molar-refractivity contribution in [1.29, 1.82) is 5.26 Å². The third kappa shape index (κ3) is 5.72. The first-order chi connectivity index (χ1) is 23.7. The van der Waals surface area contributed by atoms with Crippen LogP contribution in [0.1, 0.15) is 23.6 Å². The number of rotatable bonds is 9. The van der Waals surface area contributed by atoms with Gasteiger partial charge in [0.15, 0.2) is 0 Å². The van der Waals surface area contributed by atoms with Gasteiger partial charge in [0.1, 0.15) is 22.1 Å². The molecule has 1 atom stereocenters. The summed E-state index contributed by atoms with van der Waals surface area (Å²) in [6, 6.07) is 20.5. The molecule has 2 aliphatic rings. The molecule has 3 heterocycles. The second kappa shape index (κ2) is 13.4. The van der Waals surface area contributed by atoms with E-state index in [0.717, 1.165) is 5.69 Å². The highest BCUT2D eigenvalue weighted by atomic mass is 32.2. The van der Waals surface area contributed by atoms with Gasteiger partial charge in [-0.05, 0) is 55.5 Å². The Morgan fingerprint density at radius 1 is 0.918 bits per heavy atom. The van der Waals surface area contributed by atoms with E-state index in [1.807, 2.05) is 18.2 Å². The van der Waals surface area contributed by atoms with Crippen LogP contribution in [0.4, 0.5) is 16.2 Å². The van der Waals surface area contributed by atoms with Crippen LogP contribution in [-0.2, 0) is 25.2 Å². The van der Waals surface area contributed by atoms with Gasteiger partial charge in [0.25, 0.3) is 15.9 Å². The van der Waals surface area contributed by atoms with Crippen molar-refractivity contribution in [3.8, 4) is 23.3 Å². The van der Waals surface area contributed by atoms with Crippen LogP contribution in [0.25, 0.3) is 0 Å². The van der Waals surface area contributed by atoms with E-state index in [1.54, 1.807) is 43.6 Å². The zero-order valence-corrected chi connectivity index (χ0v) is 27.8. The van der Waals surface area contributed by atoms with Gasteiger partial charge in [-0.15, -0.1) is 0 Å². The average Bonchev–Trinajstić information content (AvgIpc) is 3.39. The Labute approximate surface area is 283 Å². The van der Waals surface area contributed by atoms with Crippen molar-refractivity contribution < 1.29 is 37.0 Å². The first-order valence-electron chi connectivity index (χ1n) is 15.4. The molecule has 2 amide bonds. The fourth-order valence-corrected chi connectivity index (χ4v) is 7.71. The molecule has 1 aromatic heterocycles. The predicted octanol–water partition coefficient (Wildman–Crippen LogP) is 4.31. The van der Waals surface area contributed by atoms with Gasteiger partial charge in [-0.25, -0.2) is 13.2 Å². The van der Waals surface area contributed by atoms with Gasteiger partial charge in [-0.3, -0.25) is 9.78 Å². The minimum atomic E-state index is -4.73. The number of aromatic nitrogens is 1. The molecule has 0 radical (unpaired) electrons. The van der Waals surface area contributed by atoms with Crippen molar-refractivity contribution in [1.82, 2.24) is 9.88 Å². The summed E-state index contributed by atoms with van der Waals surface area (Å²) in [4.78, 5) is 36.5. The lowest BCUT2D eigenvalue weighted by Crippen LogP contribution is -2.53. The number of piperazine rings is 1. The standard InChI is InChI=1S/C35H33N5O8S/c1-4-47-30-8-6-5-7-27(30)35(48-34(42)39-19-17-38(18-20-39)25-13-15-37-16-14-25)28-21-24(23-36)9-11-29(28)40(33(35)41)49(43,44)32-12-10-26(45-2)22-31(32)46-3/h5-16,21-22H,4,17-20H2,1-3H3. The monoisotopic (exact) mass is 683 g/mol. The molecule has 2 aliphatic heterocycles. The number of carbonyl (C=O) groups is 2. The zero-order chi connectivity index (χ0) is 34.8. The lowest BCUT2D eigenvalue weighted by Gasteiger charge is -2.38. The van der Waals surface area contributed by atoms with Crippen LogP contribution >= 0.6 is 0 Å². The molecule has 13 nitrogen and oxygen atoms in total. The SMILES string of the molecule is CCOc1ccccc1C1(OC(=O)N2CCN(c3ccncc3)CC2)C(=O)N(S(=O)(=O)c2ccc(OC)cc2OC)c2ccc(C#N)cc21. The van der Waals surface area contributed by atoms with Gasteiger partial charge in [0, 0.05) is 55.9 Å². The van der Waals surface area contributed by atoms with Crippen molar-refractivity contribution in [3.05, 3.63) is 102 Å². The number of fused-ring (bicyclic) bond motifs is 1. The van der Waals surface area contributed by atoms with E-state index in [9.17, 15) is 18.5 Å². The number of para-hydroxylation sites is 1. The van der Waals surface area contributed by atoms with E-state index < -0.39 is 27.6 Å². The van der Waals surface area contributed by atoms with Crippen LogP contribution in [0.5, 0.6) is 17.2 Å². The number of benzene rings is 3. The highest BCUT2D eigenvalue weighted by Gasteiger charge is 2.61. The molecular weight excluding hydrogens is 650 g/mol. The number of nitrogens with zero attached hydrogens (tertiary/aromatic N) is 5. The molecule has 0 spiro atoms. The molecule has 1 fully saturated rings. The molecule has 0 N–H and O–H groups in total. The number of sulfonamides is 1. The van der Waals surface area contributed by atoms with Gasteiger partial charge >= 0.3 is 6.09 Å². The van der Waals surface area contributed by atoms with E-state index in [-0.39, 0.29) is 58.5 Å². The minimum absolute atomic E-state index is 0.0106. The van der Waals surface area contributed by atoms with E-state index in [2.05, 4.69) is 9.88 Å². The first-order valence-corrected chi connectivity index (χ1v) is 16.8. The molecule has 0 bridgehead atoms. The number of pyridine rings is 1. The summed E-state index contributed by atoms with van der Waals surface area (Å²) in [6.45, 7) is 3.42. The predicted molar refractivity (Wildman–Crippen MR) is 178 cm³/mol. The van der Waals surface area contributed by atoms with Gasteiger partial charge in [0.05, 0.1) is 43.7 Å². The molecule has 0 aliphatic carbocycles. The fraction of sp³-hybridized carbons (Fsp3) is 0.257. The van der Waals surface area contributed by atoms with Crippen molar-refractivity contribution in [3.63, 3.8) is 0 Å². The van der Waals surface area contributed by atoms with Crippen LogP contribution in [0.15, 0.2) is 90.1 Å². The molecule has 3 aromatic carbocycles. The van der Waals surface area contributed by atoms with E-state index in [1.165, 1.54) is 55.5 Å². The van der Waals surface area contributed by atoms with Gasteiger partial charge in [-0.2, -0.15) is 9.57 Å². The minimum Gasteiger partial charge on any atom is -0.497 e. The molecule has 0 saturated carbocycles. The smallest absolute Gasteiger partial charge is 0.411 e. The molecule has 252 valence electrons. The summed E-state index contributed by atoms with van der Waals surface area (Å²) in [5, 5.41) is 9.90. The Kier molecular flexibility index (Phi) is 9.03. The van der Waals surface area contributed by atoms with Crippen molar-refractivity contribution in [2.24, 2.45) is 0 Å². The van der Waals surface area contributed by atoms with E-state index >= 15 is 4.79 Å². The summed E-state index contributed by atoms with van der Waals surface area (Å²) in [7, 11) is -2.01. The Bertz CT molecular complexity index is 2040. The number of ether oxygens (including phenoxy) is 4. The Morgan fingerprint density at radius 2 is 1.65 bits per heavy atom. The van der Waals surface area contributed by atoms with E-state index in [4.69, 9.17) is 18.9 Å². The topological polar surface area (TPSA) is 152 Å². The Balaban J connectivity index is 1.49. The number of methoxy groups -OCH3 is 2. The summed E-state index contributed by atoms with van der Waals surface area (Å²) < 4.78 is 52.6. The van der Waals surface area contributed by atoms with Crippen LogP contribution in [0, 0.1) is 11.3 Å². The molecular formula is C35H33N5O8S. The zero-order valence-electron chi connectivity index (χ0n) is 27.0. The number of anilines is 2. The Hall–Kier alpha value is -5.81. The van der Waals surface area contributed by atoms with E-state index in [0.29, 0.717) is 23.1 Å². The summed E-state index contributed by atoms with van der Waals surface area (Å²) >= 11 is 0. The van der Waals surface area contributed by atoms with Crippen LogP contribution in [0.2, 0.25) is 0 Å². The average molecular weight is 684 g/mol.